The third-order valence-corrected chi connectivity index (χ3v) is 5.83. The highest BCUT2D eigenvalue weighted by atomic mass is 32.2. The van der Waals surface area contributed by atoms with Gasteiger partial charge in [0.2, 0.25) is 10.0 Å². The second-order valence-corrected chi connectivity index (χ2v) is 7.09. The summed E-state index contributed by atoms with van der Waals surface area (Å²) in [6.45, 7) is 1.90. The predicted molar refractivity (Wildman–Crippen MR) is 73.8 cm³/mol. The van der Waals surface area contributed by atoms with E-state index in [1.807, 2.05) is 6.07 Å². The Morgan fingerprint density at radius 2 is 1.67 bits per heavy atom. The SMILES string of the molecule is N#Cc1ccc(S(=O)(=O)N2CCC3(CC2)OCCO3)cc1. The molecule has 2 saturated heterocycles. The van der Waals surface area contributed by atoms with Crippen molar-refractivity contribution in [3.05, 3.63) is 29.8 Å². The fraction of sp³-hybridized carbons (Fsp3) is 0.500. The summed E-state index contributed by atoms with van der Waals surface area (Å²) in [7, 11) is -3.52. The van der Waals surface area contributed by atoms with Gasteiger partial charge in [-0.3, -0.25) is 0 Å². The van der Waals surface area contributed by atoms with E-state index in [1.165, 1.54) is 28.6 Å². The van der Waals surface area contributed by atoms with Crippen LogP contribution < -0.4 is 0 Å². The van der Waals surface area contributed by atoms with E-state index in [1.54, 1.807) is 0 Å². The van der Waals surface area contributed by atoms with Crippen molar-refractivity contribution in [3.63, 3.8) is 0 Å². The number of nitriles is 1. The number of sulfonamides is 1. The Kier molecular flexibility index (Phi) is 3.71. The summed E-state index contributed by atoms with van der Waals surface area (Å²) in [4.78, 5) is 0.214. The molecular formula is C14H16N2O4S. The van der Waals surface area contributed by atoms with Gasteiger partial charge in [0.15, 0.2) is 5.79 Å². The highest BCUT2D eigenvalue weighted by molar-refractivity contribution is 7.89. The Morgan fingerprint density at radius 3 is 2.19 bits per heavy atom. The van der Waals surface area contributed by atoms with Gasteiger partial charge in [-0.1, -0.05) is 0 Å². The molecule has 2 aliphatic heterocycles. The summed E-state index contributed by atoms with van der Waals surface area (Å²) < 4.78 is 37.7. The first kappa shape index (κ1) is 14.5. The summed E-state index contributed by atoms with van der Waals surface area (Å²) in [5.74, 6) is -0.587. The normalized spacial score (nSPS) is 22.2. The first-order valence-electron chi connectivity index (χ1n) is 6.84. The van der Waals surface area contributed by atoms with Gasteiger partial charge >= 0.3 is 0 Å². The molecule has 6 nitrogen and oxygen atoms in total. The molecule has 21 heavy (non-hydrogen) atoms. The quantitative estimate of drug-likeness (QED) is 0.817. The minimum absolute atomic E-state index is 0.214. The molecule has 3 rings (SSSR count). The largest absolute Gasteiger partial charge is 0.347 e. The molecule has 1 aromatic rings. The Hall–Kier alpha value is -1.46. The van der Waals surface area contributed by atoms with Gasteiger partial charge in [0.25, 0.3) is 0 Å². The number of nitrogens with zero attached hydrogens (tertiary/aromatic N) is 2. The van der Waals surface area contributed by atoms with Crippen LogP contribution in [0.2, 0.25) is 0 Å². The predicted octanol–water partition coefficient (Wildman–Crippen LogP) is 1.09. The fourth-order valence-corrected chi connectivity index (χ4v) is 4.14. The molecule has 0 aromatic heterocycles. The molecule has 7 heteroatoms. The van der Waals surface area contributed by atoms with Crippen LogP contribution in [0.15, 0.2) is 29.2 Å². The fourth-order valence-electron chi connectivity index (χ4n) is 2.70. The van der Waals surface area contributed by atoms with E-state index in [4.69, 9.17) is 14.7 Å². The van der Waals surface area contributed by atoms with Crippen molar-refractivity contribution in [1.29, 1.82) is 5.26 Å². The summed E-state index contributed by atoms with van der Waals surface area (Å²) in [5.41, 5.74) is 0.444. The zero-order valence-electron chi connectivity index (χ0n) is 11.5. The molecular weight excluding hydrogens is 292 g/mol. The van der Waals surface area contributed by atoms with Gasteiger partial charge in [-0.25, -0.2) is 8.42 Å². The van der Waals surface area contributed by atoms with Crippen LogP contribution in [0.4, 0.5) is 0 Å². The van der Waals surface area contributed by atoms with Gasteiger partial charge in [0.1, 0.15) is 0 Å². The van der Waals surface area contributed by atoms with Crippen molar-refractivity contribution in [1.82, 2.24) is 4.31 Å². The number of rotatable bonds is 2. The third-order valence-electron chi connectivity index (χ3n) is 3.92. The third kappa shape index (κ3) is 2.68. The van der Waals surface area contributed by atoms with Gasteiger partial charge in [0.05, 0.1) is 29.7 Å². The number of ether oxygens (including phenoxy) is 2. The minimum atomic E-state index is -3.52. The van der Waals surface area contributed by atoms with Crippen LogP contribution in [0.1, 0.15) is 18.4 Å². The monoisotopic (exact) mass is 308 g/mol. The Balaban J connectivity index is 1.75. The number of hydrogen-bond donors (Lipinski definition) is 0. The number of piperidine rings is 1. The molecule has 1 aromatic carbocycles. The van der Waals surface area contributed by atoms with E-state index < -0.39 is 15.8 Å². The molecule has 0 amide bonds. The molecule has 0 radical (unpaired) electrons. The Morgan fingerprint density at radius 1 is 1.10 bits per heavy atom. The molecule has 1 spiro atoms. The van der Waals surface area contributed by atoms with Crippen molar-refractivity contribution in [3.8, 4) is 6.07 Å². The molecule has 0 N–H and O–H groups in total. The van der Waals surface area contributed by atoms with Gasteiger partial charge in [-0.15, -0.1) is 0 Å². The van der Waals surface area contributed by atoms with Crippen LogP contribution in [0, 0.1) is 11.3 Å². The number of benzene rings is 1. The Bertz CT molecular complexity index is 647. The van der Waals surface area contributed by atoms with Gasteiger partial charge in [-0.2, -0.15) is 9.57 Å². The van der Waals surface area contributed by atoms with E-state index in [0.29, 0.717) is 44.7 Å². The van der Waals surface area contributed by atoms with Crippen molar-refractivity contribution in [2.24, 2.45) is 0 Å². The molecule has 0 aliphatic carbocycles. The second-order valence-electron chi connectivity index (χ2n) is 5.15. The maximum absolute atomic E-state index is 12.6. The van der Waals surface area contributed by atoms with Crippen molar-refractivity contribution in [2.45, 2.75) is 23.5 Å². The molecule has 0 unspecified atom stereocenters. The lowest BCUT2D eigenvalue weighted by Gasteiger charge is -2.36. The van der Waals surface area contributed by atoms with E-state index in [-0.39, 0.29) is 4.90 Å². The molecule has 112 valence electrons. The molecule has 2 aliphatic rings. The maximum atomic E-state index is 12.6. The lowest BCUT2D eigenvalue weighted by Crippen LogP contribution is -2.47. The Labute approximate surface area is 123 Å². The van der Waals surface area contributed by atoms with Crippen LogP contribution in [0.5, 0.6) is 0 Å². The first-order chi connectivity index (χ1) is 10.1. The van der Waals surface area contributed by atoms with Crippen molar-refractivity contribution < 1.29 is 17.9 Å². The summed E-state index contributed by atoms with van der Waals surface area (Å²) in [6, 6.07) is 7.95. The summed E-state index contributed by atoms with van der Waals surface area (Å²) >= 11 is 0. The number of hydrogen-bond acceptors (Lipinski definition) is 5. The average molecular weight is 308 g/mol. The zero-order chi connectivity index (χ0) is 14.9. The smallest absolute Gasteiger partial charge is 0.243 e. The van der Waals surface area contributed by atoms with Crippen molar-refractivity contribution in [2.75, 3.05) is 26.3 Å². The molecule has 0 saturated carbocycles. The standard InChI is InChI=1S/C14H16N2O4S/c15-11-12-1-3-13(4-2-12)21(17,18)16-7-5-14(6-8-16)19-9-10-20-14/h1-4H,5-10H2. The first-order valence-corrected chi connectivity index (χ1v) is 8.28. The minimum Gasteiger partial charge on any atom is -0.347 e. The van der Waals surface area contributed by atoms with Crippen LogP contribution in [-0.4, -0.2) is 44.8 Å². The van der Waals surface area contributed by atoms with Gasteiger partial charge in [-0.05, 0) is 24.3 Å². The highest BCUT2D eigenvalue weighted by Gasteiger charge is 2.42. The van der Waals surface area contributed by atoms with E-state index >= 15 is 0 Å². The second kappa shape index (κ2) is 5.39. The van der Waals surface area contributed by atoms with Gasteiger partial charge in [0, 0.05) is 25.9 Å². The van der Waals surface area contributed by atoms with E-state index in [0.717, 1.165) is 0 Å². The molecule has 0 atom stereocenters. The van der Waals surface area contributed by atoms with E-state index in [9.17, 15) is 8.42 Å². The lowest BCUT2D eigenvalue weighted by molar-refractivity contribution is -0.179. The lowest BCUT2D eigenvalue weighted by atomic mass is 10.1. The van der Waals surface area contributed by atoms with Gasteiger partial charge < -0.3 is 9.47 Å². The summed E-state index contributed by atoms with van der Waals surface area (Å²) in [5, 5.41) is 8.76. The zero-order valence-corrected chi connectivity index (χ0v) is 12.3. The van der Waals surface area contributed by atoms with Crippen LogP contribution in [0.25, 0.3) is 0 Å². The maximum Gasteiger partial charge on any atom is 0.243 e. The van der Waals surface area contributed by atoms with E-state index in [2.05, 4.69) is 0 Å². The summed E-state index contributed by atoms with van der Waals surface area (Å²) in [6.07, 6.45) is 1.09. The van der Waals surface area contributed by atoms with Crippen molar-refractivity contribution >= 4 is 10.0 Å². The topological polar surface area (TPSA) is 79.6 Å². The molecule has 0 bridgehead atoms. The highest BCUT2D eigenvalue weighted by Crippen LogP contribution is 2.33. The molecule has 2 fully saturated rings. The van der Waals surface area contributed by atoms with Crippen LogP contribution >= 0.6 is 0 Å². The van der Waals surface area contributed by atoms with Crippen LogP contribution in [-0.2, 0) is 19.5 Å². The average Bonchev–Trinajstić information content (AvgIpc) is 2.96. The van der Waals surface area contributed by atoms with Crippen LogP contribution in [0.3, 0.4) is 0 Å². The molecule has 2 heterocycles.